The van der Waals surface area contributed by atoms with Crippen LogP contribution in [0.25, 0.3) is 0 Å². The van der Waals surface area contributed by atoms with E-state index in [0.29, 0.717) is 0 Å². The molecular formula is C17H28O2SSi. The summed E-state index contributed by atoms with van der Waals surface area (Å²) >= 11 is 1.80. The first-order chi connectivity index (χ1) is 9.65. The van der Waals surface area contributed by atoms with Gasteiger partial charge in [0.05, 0.1) is 12.9 Å². The summed E-state index contributed by atoms with van der Waals surface area (Å²) in [5, 5.41) is 0.241. The lowest BCUT2D eigenvalue weighted by molar-refractivity contribution is 0.385. The summed E-state index contributed by atoms with van der Waals surface area (Å²) in [5.41, 5.74) is 0. The Morgan fingerprint density at radius 3 is 2.24 bits per heavy atom. The van der Waals surface area contributed by atoms with Gasteiger partial charge in [-0.2, -0.15) is 0 Å². The van der Waals surface area contributed by atoms with Gasteiger partial charge in [-0.25, -0.2) is 0 Å². The smallest absolute Gasteiger partial charge is 0.250 e. The number of hydrogen-bond acceptors (Lipinski definition) is 3. The number of allylic oxidation sites excluding steroid dienone is 1. The summed E-state index contributed by atoms with van der Waals surface area (Å²) in [6, 6.07) is 8.15. The van der Waals surface area contributed by atoms with Crippen molar-refractivity contribution in [3.63, 3.8) is 0 Å². The Morgan fingerprint density at radius 2 is 1.76 bits per heavy atom. The summed E-state index contributed by atoms with van der Waals surface area (Å²) in [4.78, 5) is 1.24. The van der Waals surface area contributed by atoms with Crippen molar-refractivity contribution in [2.75, 3.05) is 12.9 Å². The average molecular weight is 325 g/mol. The zero-order chi connectivity index (χ0) is 16.1. The number of ether oxygens (including phenoxy) is 1. The van der Waals surface area contributed by atoms with Gasteiger partial charge in [-0.15, -0.1) is 11.8 Å². The van der Waals surface area contributed by atoms with E-state index in [2.05, 4.69) is 59.0 Å². The Balaban J connectivity index is 2.52. The third kappa shape index (κ3) is 5.79. The number of thioether (sulfide) groups is 1. The van der Waals surface area contributed by atoms with Crippen LogP contribution in [0.15, 0.2) is 41.0 Å². The van der Waals surface area contributed by atoms with Gasteiger partial charge >= 0.3 is 0 Å². The van der Waals surface area contributed by atoms with Crippen molar-refractivity contribution in [3.05, 3.63) is 36.1 Å². The molecule has 0 aliphatic heterocycles. The fourth-order valence-corrected chi connectivity index (χ4v) is 3.56. The van der Waals surface area contributed by atoms with Crippen molar-refractivity contribution in [1.82, 2.24) is 0 Å². The summed E-state index contributed by atoms with van der Waals surface area (Å²) in [7, 11) is -0.0168. The SMILES string of the molecule is COc1ccc(SC/C=C(\C)O[Si](C)(C)C(C)(C)C)cc1. The molecular weight excluding hydrogens is 296 g/mol. The maximum Gasteiger partial charge on any atom is 0.250 e. The Bertz CT molecular complexity index is 473. The van der Waals surface area contributed by atoms with Gasteiger partial charge in [-0.05, 0) is 55.4 Å². The predicted molar refractivity (Wildman–Crippen MR) is 95.8 cm³/mol. The van der Waals surface area contributed by atoms with Crippen LogP contribution in [0.4, 0.5) is 0 Å². The summed E-state index contributed by atoms with van der Waals surface area (Å²) in [6.45, 7) is 13.4. The Morgan fingerprint density at radius 1 is 1.19 bits per heavy atom. The number of hydrogen-bond donors (Lipinski definition) is 0. The van der Waals surface area contributed by atoms with Crippen molar-refractivity contribution in [1.29, 1.82) is 0 Å². The molecule has 0 radical (unpaired) electrons. The molecule has 0 heterocycles. The van der Waals surface area contributed by atoms with E-state index in [1.807, 2.05) is 12.1 Å². The van der Waals surface area contributed by atoms with Crippen molar-refractivity contribution in [2.45, 2.75) is 50.7 Å². The summed E-state index contributed by atoms with van der Waals surface area (Å²) in [5.74, 6) is 2.86. The topological polar surface area (TPSA) is 18.5 Å². The third-order valence-corrected chi connectivity index (χ3v) is 9.29. The van der Waals surface area contributed by atoms with Crippen LogP contribution in [0.3, 0.4) is 0 Å². The maximum atomic E-state index is 6.24. The maximum absolute atomic E-state index is 6.24. The van der Waals surface area contributed by atoms with E-state index in [1.165, 1.54) is 4.90 Å². The summed E-state index contributed by atoms with van der Waals surface area (Å²) < 4.78 is 11.4. The molecule has 0 aliphatic carbocycles. The zero-order valence-electron chi connectivity index (χ0n) is 14.3. The van der Waals surface area contributed by atoms with Crippen LogP contribution in [0.5, 0.6) is 5.75 Å². The van der Waals surface area contributed by atoms with Crippen LogP contribution in [0, 0.1) is 0 Å². The second kappa shape index (κ2) is 7.41. The Labute approximate surface area is 135 Å². The molecule has 21 heavy (non-hydrogen) atoms. The van der Waals surface area contributed by atoms with E-state index >= 15 is 0 Å². The molecule has 0 aromatic heterocycles. The Kier molecular flexibility index (Phi) is 6.41. The van der Waals surface area contributed by atoms with Gasteiger partial charge in [0.25, 0.3) is 0 Å². The zero-order valence-corrected chi connectivity index (χ0v) is 16.1. The van der Waals surface area contributed by atoms with E-state index in [1.54, 1.807) is 18.9 Å². The van der Waals surface area contributed by atoms with Gasteiger partial charge < -0.3 is 9.16 Å². The van der Waals surface area contributed by atoms with Crippen LogP contribution in [0.1, 0.15) is 27.7 Å². The van der Waals surface area contributed by atoms with Gasteiger partial charge in [-0.3, -0.25) is 0 Å². The van der Waals surface area contributed by atoms with Crippen LogP contribution < -0.4 is 4.74 Å². The second-order valence-corrected chi connectivity index (χ2v) is 12.5. The number of rotatable bonds is 6. The highest BCUT2D eigenvalue weighted by molar-refractivity contribution is 7.99. The van der Waals surface area contributed by atoms with Crippen molar-refractivity contribution < 1.29 is 9.16 Å². The number of benzene rings is 1. The monoisotopic (exact) mass is 324 g/mol. The van der Waals surface area contributed by atoms with Gasteiger partial charge in [0, 0.05) is 10.6 Å². The van der Waals surface area contributed by atoms with Crippen molar-refractivity contribution in [3.8, 4) is 5.75 Å². The fourth-order valence-electron chi connectivity index (χ4n) is 1.52. The molecule has 1 aromatic rings. The van der Waals surface area contributed by atoms with E-state index in [0.717, 1.165) is 17.3 Å². The minimum atomic E-state index is -1.70. The van der Waals surface area contributed by atoms with Crippen LogP contribution in [0.2, 0.25) is 18.1 Å². The molecule has 0 N–H and O–H groups in total. The lowest BCUT2D eigenvalue weighted by Crippen LogP contribution is -2.40. The molecule has 1 aromatic carbocycles. The van der Waals surface area contributed by atoms with E-state index in [-0.39, 0.29) is 5.04 Å². The molecule has 118 valence electrons. The minimum absolute atomic E-state index is 0.241. The Hall–Kier alpha value is -0.873. The molecule has 0 fully saturated rings. The molecule has 1 rings (SSSR count). The van der Waals surface area contributed by atoms with Gasteiger partial charge in [0.15, 0.2) is 0 Å². The molecule has 0 saturated carbocycles. The molecule has 0 aliphatic rings. The first-order valence-corrected chi connectivity index (χ1v) is 11.2. The van der Waals surface area contributed by atoms with Gasteiger partial charge in [-0.1, -0.05) is 20.8 Å². The molecule has 0 bridgehead atoms. The lowest BCUT2D eigenvalue weighted by Gasteiger charge is -2.36. The van der Waals surface area contributed by atoms with Crippen LogP contribution in [-0.2, 0) is 4.43 Å². The fraction of sp³-hybridized carbons (Fsp3) is 0.529. The molecule has 0 spiro atoms. The number of methoxy groups -OCH3 is 1. The quantitative estimate of drug-likeness (QED) is 0.379. The highest BCUT2D eigenvalue weighted by Gasteiger charge is 2.38. The van der Waals surface area contributed by atoms with Gasteiger partial charge in [0.2, 0.25) is 8.32 Å². The van der Waals surface area contributed by atoms with Crippen molar-refractivity contribution >= 4 is 20.1 Å². The standard InChI is InChI=1S/C17H28O2SSi/c1-14(19-21(6,7)17(2,3)4)12-13-20-16-10-8-15(18-5)9-11-16/h8-12H,13H2,1-7H3/b14-12+. The molecule has 0 saturated heterocycles. The third-order valence-electron chi connectivity index (χ3n) is 3.90. The predicted octanol–water partition coefficient (Wildman–Crippen LogP) is 5.71. The second-order valence-electron chi connectivity index (χ2n) is 6.66. The molecule has 4 heteroatoms. The molecule has 2 nitrogen and oxygen atoms in total. The normalized spacial score (nSPS) is 13.2. The van der Waals surface area contributed by atoms with Crippen LogP contribution in [-0.4, -0.2) is 21.2 Å². The van der Waals surface area contributed by atoms with Crippen LogP contribution >= 0.6 is 11.8 Å². The average Bonchev–Trinajstić information content (AvgIpc) is 2.37. The van der Waals surface area contributed by atoms with Gasteiger partial charge in [0.1, 0.15) is 5.75 Å². The van der Waals surface area contributed by atoms with E-state index < -0.39 is 8.32 Å². The molecule has 0 unspecified atom stereocenters. The highest BCUT2D eigenvalue weighted by atomic mass is 32.2. The molecule has 0 amide bonds. The largest absolute Gasteiger partial charge is 0.547 e. The molecule has 0 atom stereocenters. The van der Waals surface area contributed by atoms with E-state index in [4.69, 9.17) is 9.16 Å². The first kappa shape index (κ1) is 18.2. The van der Waals surface area contributed by atoms with Crippen molar-refractivity contribution in [2.24, 2.45) is 0 Å². The summed E-state index contributed by atoms with van der Waals surface area (Å²) in [6.07, 6.45) is 2.18. The first-order valence-electron chi connectivity index (χ1n) is 7.28. The minimum Gasteiger partial charge on any atom is -0.547 e. The highest BCUT2D eigenvalue weighted by Crippen LogP contribution is 2.37. The van der Waals surface area contributed by atoms with E-state index in [9.17, 15) is 0 Å². The lowest BCUT2D eigenvalue weighted by atomic mass is 10.2.